The molecular formula is C5H5ClN2S. The highest BCUT2D eigenvalue weighted by Crippen LogP contribution is 2.47. The molecular weight excluding hydrogens is 156 g/mol. The minimum absolute atomic E-state index is 0.819. The number of hydrogen-bond acceptors (Lipinski definition) is 2. The first kappa shape index (κ1) is 5.50. The molecule has 2 rings (SSSR count). The van der Waals surface area contributed by atoms with Gasteiger partial charge < -0.3 is 5.32 Å². The van der Waals surface area contributed by atoms with Crippen molar-refractivity contribution in [1.29, 1.82) is 0 Å². The van der Waals surface area contributed by atoms with Gasteiger partial charge in [-0.05, 0) is 11.9 Å². The lowest BCUT2D eigenvalue weighted by Crippen LogP contribution is -1.80. The third-order valence-electron chi connectivity index (χ3n) is 1.30. The summed E-state index contributed by atoms with van der Waals surface area (Å²) in [5.41, 5.74) is 1.09. The highest BCUT2D eigenvalue weighted by atomic mass is 35.5. The first-order valence-corrected chi connectivity index (χ1v) is 4.11. The quantitative estimate of drug-likeness (QED) is 0.649. The zero-order valence-corrected chi connectivity index (χ0v) is 6.38. The van der Waals surface area contributed by atoms with E-state index in [1.807, 2.05) is 16.4 Å². The van der Waals surface area contributed by atoms with Gasteiger partial charge in [0.1, 0.15) is 11.5 Å². The summed E-state index contributed by atoms with van der Waals surface area (Å²) in [4.78, 5) is 0. The summed E-state index contributed by atoms with van der Waals surface area (Å²) in [7, 11) is 0. The van der Waals surface area contributed by atoms with Crippen LogP contribution in [0.4, 0.5) is 11.5 Å². The molecule has 48 valence electrons. The van der Waals surface area contributed by atoms with Gasteiger partial charge in [0.05, 0.1) is 5.02 Å². The van der Waals surface area contributed by atoms with Gasteiger partial charge in [0.25, 0.3) is 0 Å². The normalized spacial score (nSPS) is 12.7. The fourth-order valence-electron chi connectivity index (χ4n) is 0.801. The predicted molar refractivity (Wildman–Crippen MR) is 41.6 cm³/mol. The summed E-state index contributed by atoms with van der Waals surface area (Å²) in [5.74, 6) is 1.15. The lowest BCUT2D eigenvalue weighted by molar-refractivity contribution is 1.32. The fraction of sp³-hybridized carbons (Fsp3) is 0.200. The first-order valence-electron chi connectivity index (χ1n) is 2.55. The molecule has 1 aliphatic rings. The van der Waals surface area contributed by atoms with Gasteiger partial charge in [0.2, 0.25) is 0 Å². The maximum Gasteiger partial charge on any atom is 0.146 e. The topological polar surface area (TPSA) is 26.9 Å². The predicted octanol–water partition coefficient (Wildman–Crippen LogP) is 2.32. The van der Waals surface area contributed by atoms with Crippen molar-refractivity contribution >= 4 is 35.1 Å². The van der Waals surface area contributed by atoms with Crippen LogP contribution in [0.5, 0.6) is 0 Å². The zero-order valence-electron chi connectivity index (χ0n) is 4.81. The monoisotopic (exact) mass is 160 g/mol. The first-order chi connectivity index (χ1) is 4.33. The highest BCUT2D eigenvalue weighted by molar-refractivity contribution is 7.97. The Balaban J connectivity index is 2.51. The molecule has 0 bridgehead atoms. The van der Waals surface area contributed by atoms with Crippen molar-refractivity contribution in [3.8, 4) is 0 Å². The molecule has 4 heteroatoms. The number of fused-ring (bicyclic) bond motifs is 1. The lowest BCUT2D eigenvalue weighted by Gasteiger charge is -1.93. The van der Waals surface area contributed by atoms with Crippen LogP contribution >= 0.6 is 23.5 Å². The van der Waals surface area contributed by atoms with E-state index >= 15 is 0 Å². The SMILES string of the molecule is CSn1cc(Cl)c2c1N2. The molecule has 0 amide bonds. The molecule has 0 aromatic carbocycles. The Bertz CT molecular complexity index is 256. The third kappa shape index (κ3) is 0.650. The minimum Gasteiger partial charge on any atom is -0.335 e. The van der Waals surface area contributed by atoms with Gasteiger partial charge in [-0.2, -0.15) is 0 Å². The second-order valence-corrected chi connectivity index (χ2v) is 3.00. The molecule has 0 atom stereocenters. The van der Waals surface area contributed by atoms with Crippen molar-refractivity contribution in [3.63, 3.8) is 0 Å². The van der Waals surface area contributed by atoms with Crippen LogP contribution in [0.2, 0.25) is 5.02 Å². The average molecular weight is 161 g/mol. The van der Waals surface area contributed by atoms with Gasteiger partial charge in [-0.15, -0.1) is 0 Å². The second kappa shape index (κ2) is 1.61. The lowest BCUT2D eigenvalue weighted by atomic mass is 10.7. The maximum absolute atomic E-state index is 5.76. The average Bonchev–Trinajstić information content (AvgIpc) is 2.56. The number of nitrogens with one attached hydrogen (secondary N) is 1. The smallest absolute Gasteiger partial charge is 0.146 e. The largest absolute Gasteiger partial charge is 0.335 e. The number of nitrogens with zero attached hydrogens (tertiary/aromatic N) is 1. The fourth-order valence-corrected chi connectivity index (χ4v) is 1.62. The van der Waals surface area contributed by atoms with Gasteiger partial charge in [-0.25, -0.2) is 0 Å². The van der Waals surface area contributed by atoms with E-state index in [4.69, 9.17) is 11.6 Å². The minimum atomic E-state index is 0.819. The van der Waals surface area contributed by atoms with Crippen LogP contribution in [0.15, 0.2) is 6.20 Å². The molecule has 1 aliphatic heterocycles. The molecule has 0 saturated heterocycles. The summed E-state index contributed by atoms with van der Waals surface area (Å²) in [6.07, 6.45) is 3.92. The molecule has 2 nitrogen and oxygen atoms in total. The number of aromatic nitrogens is 1. The Morgan fingerprint density at radius 3 is 2.78 bits per heavy atom. The van der Waals surface area contributed by atoms with E-state index in [9.17, 15) is 0 Å². The van der Waals surface area contributed by atoms with E-state index in [-0.39, 0.29) is 0 Å². The molecule has 9 heavy (non-hydrogen) atoms. The summed E-state index contributed by atoms with van der Waals surface area (Å²) in [6.45, 7) is 0. The van der Waals surface area contributed by atoms with Gasteiger partial charge in [-0.3, -0.25) is 3.97 Å². The Morgan fingerprint density at radius 1 is 1.78 bits per heavy atom. The Labute approximate surface area is 62.3 Å². The Kier molecular flexibility index (Phi) is 0.983. The molecule has 0 saturated carbocycles. The standard InChI is InChI=1S/C5H5ClN2S/c1-9-8-2-3(6)4-5(8)7-4/h2,7H,1H3. The van der Waals surface area contributed by atoms with Gasteiger partial charge >= 0.3 is 0 Å². The molecule has 0 spiro atoms. The van der Waals surface area contributed by atoms with Crippen molar-refractivity contribution in [2.75, 3.05) is 11.6 Å². The number of rotatable bonds is 1. The number of halogens is 1. The van der Waals surface area contributed by atoms with Crippen molar-refractivity contribution in [2.45, 2.75) is 0 Å². The van der Waals surface area contributed by atoms with Crippen LogP contribution in [-0.2, 0) is 0 Å². The second-order valence-electron chi connectivity index (χ2n) is 1.83. The molecule has 0 aliphatic carbocycles. The molecule has 0 fully saturated rings. The molecule has 0 unspecified atom stereocenters. The van der Waals surface area contributed by atoms with Crippen molar-refractivity contribution < 1.29 is 0 Å². The van der Waals surface area contributed by atoms with E-state index in [0.29, 0.717) is 0 Å². The van der Waals surface area contributed by atoms with Crippen molar-refractivity contribution in [1.82, 2.24) is 3.97 Å². The van der Waals surface area contributed by atoms with E-state index in [1.54, 1.807) is 11.9 Å². The maximum atomic E-state index is 5.76. The van der Waals surface area contributed by atoms with Crippen LogP contribution in [0.25, 0.3) is 0 Å². The van der Waals surface area contributed by atoms with Crippen molar-refractivity contribution in [2.24, 2.45) is 0 Å². The summed E-state index contributed by atoms with van der Waals surface area (Å²) in [6, 6.07) is 0. The highest BCUT2D eigenvalue weighted by Gasteiger charge is 2.25. The van der Waals surface area contributed by atoms with Gasteiger partial charge in [0.15, 0.2) is 0 Å². The van der Waals surface area contributed by atoms with Gasteiger partial charge in [-0.1, -0.05) is 11.6 Å². The van der Waals surface area contributed by atoms with E-state index < -0.39 is 0 Å². The van der Waals surface area contributed by atoms with Crippen molar-refractivity contribution in [3.05, 3.63) is 11.2 Å². The van der Waals surface area contributed by atoms with Crippen LogP contribution < -0.4 is 5.32 Å². The van der Waals surface area contributed by atoms with Crippen LogP contribution in [0.1, 0.15) is 0 Å². The summed E-state index contributed by atoms with van der Waals surface area (Å²) in [5, 5.41) is 3.88. The molecule has 1 N–H and O–H groups in total. The van der Waals surface area contributed by atoms with E-state index in [0.717, 1.165) is 16.5 Å². The van der Waals surface area contributed by atoms with Crippen LogP contribution in [-0.4, -0.2) is 10.2 Å². The number of hydrogen-bond donors (Lipinski definition) is 1. The molecule has 0 radical (unpaired) electrons. The van der Waals surface area contributed by atoms with Crippen LogP contribution in [0, 0.1) is 0 Å². The Morgan fingerprint density at radius 2 is 2.56 bits per heavy atom. The molecule has 1 aromatic heterocycles. The van der Waals surface area contributed by atoms with E-state index in [2.05, 4.69) is 5.32 Å². The summed E-state index contributed by atoms with van der Waals surface area (Å²) < 4.78 is 2.01. The van der Waals surface area contributed by atoms with E-state index in [1.165, 1.54) is 0 Å². The Hall–Kier alpha value is -0.280. The zero-order chi connectivity index (χ0) is 6.43. The third-order valence-corrected chi connectivity index (χ3v) is 2.27. The van der Waals surface area contributed by atoms with Crippen LogP contribution in [0.3, 0.4) is 0 Å². The molecule has 1 aromatic rings. The number of anilines is 2. The van der Waals surface area contributed by atoms with Gasteiger partial charge in [0, 0.05) is 12.5 Å². The molecule has 2 heterocycles. The summed E-state index contributed by atoms with van der Waals surface area (Å²) >= 11 is 7.40.